The molecule has 0 saturated carbocycles. The van der Waals surface area contributed by atoms with Crippen LogP contribution in [-0.4, -0.2) is 15.7 Å². The Balaban J connectivity index is 2.13. The van der Waals surface area contributed by atoms with E-state index < -0.39 is 10.8 Å². The molecule has 0 radical (unpaired) electrons. The van der Waals surface area contributed by atoms with Gasteiger partial charge in [0.2, 0.25) is 0 Å². The second-order valence-electron chi connectivity index (χ2n) is 4.18. The number of ketones is 1. The van der Waals surface area contributed by atoms with Crippen molar-refractivity contribution in [2.75, 3.05) is 5.75 Å². The van der Waals surface area contributed by atoms with E-state index in [0.717, 1.165) is 5.56 Å². The average molecular weight is 293 g/mol. The fourth-order valence-corrected chi connectivity index (χ4v) is 2.88. The molecular weight excluding hydrogens is 280 g/mol. The lowest BCUT2D eigenvalue weighted by molar-refractivity contribution is 0.102. The van der Waals surface area contributed by atoms with Crippen molar-refractivity contribution in [2.24, 2.45) is 0 Å². The predicted molar refractivity (Wildman–Crippen MR) is 78.2 cm³/mol. The molecule has 0 aliphatic rings. The Kier molecular flexibility index (Phi) is 4.51. The Morgan fingerprint density at radius 3 is 2.37 bits per heavy atom. The van der Waals surface area contributed by atoms with Crippen LogP contribution in [0.25, 0.3) is 0 Å². The molecule has 0 saturated heterocycles. The van der Waals surface area contributed by atoms with E-state index in [1.165, 1.54) is 0 Å². The number of hydrogen-bond donors (Lipinski definition) is 0. The Labute approximate surface area is 119 Å². The first-order chi connectivity index (χ1) is 9.08. The summed E-state index contributed by atoms with van der Waals surface area (Å²) in [5.41, 5.74) is 1.53. The summed E-state index contributed by atoms with van der Waals surface area (Å²) in [6, 6.07) is 14.0. The van der Waals surface area contributed by atoms with E-state index in [0.29, 0.717) is 15.5 Å². The van der Waals surface area contributed by atoms with Gasteiger partial charge in [-0.05, 0) is 36.8 Å². The topological polar surface area (TPSA) is 34.1 Å². The van der Waals surface area contributed by atoms with Crippen LogP contribution in [0.5, 0.6) is 0 Å². The molecule has 0 amide bonds. The summed E-state index contributed by atoms with van der Waals surface area (Å²) in [5, 5.41) is 0.589. The van der Waals surface area contributed by atoms with Crippen LogP contribution in [0.3, 0.4) is 0 Å². The summed E-state index contributed by atoms with van der Waals surface area (Å²) in [4.78, 5) is 12.7. The third-order valence-electron chi connectivity index (χ3n) is 2.78. The molecule has 2 aromatic carbocycles. The van der Waals surface area contributed by atoms with E-state index in [1.807, 2.05) is 25.1 Å². The number of benzene rings is 2. The maximum absolute atomic E-state index is 12.1. The average Bonchev–Trinajstić information content (AvgIpc) is 2.39. The van der Waals surface area contributed by atoms with Crippen LogP contribution in [0, 0.1) is 6.92 Å². The van der Waals surface area contributed by atoms with Crippen molar-refractivity contribution in [2.45, 2.75) is 11.8 Å². The number of aryl methyl sites for hydroxylation is 1. The molecule has 0 N–H and O–H groups in total. The summed E-state index contributed by atoms with van der Waals surface area (Å²) in [5.74, 6) is -0.113. The standard InChI is InChI=1S/C15H13ClO2S/c1-11-4-2-3-5-14(11)15(17)10-19(18)13-8-6-12(16)7-9-13/h2-9H,10H2,1H3. The van der Waals surface area contributed by atoms with E-state index in [1.54, 1.807) is 30.3 Å². The number of hydrogen-bond acceptors (Lipinski definition) is 2. The molecule has 0 heterocycles. The summed E-state index contributed by atoms with van der Waals surface area (Å²) in [7, 11) is -1.34. The fraction of sp³-hybridized carbons (Fsp3) is 0.133. The zero-order valence-corrected chi connectivity index (χ0v) is 12.0. The number of rotatable bonds is 4. The van der Waals surface area contributed by atoms with Crippen molar-refractivity contribution in [1.82, 2.24) is 0 Å². The maximum atomic E-state index is 12.1. The van der Waals surface area contributed by atoms with Gasteiger partial charge >= 0.3 is 0 Å². The van der Waals surface area contributed by atoms with Gasteiger partial charge in [0.1, 0.15) is 0 Å². The molecule has 0 aromatic heterocycles. The highest BCUT2D eigenvalue weighted by Gasteiger charge is 2.13. The van der Waals surface area contributed by atoms with E-state index in [2.05, 4.69) is 0 Å². The van der Waals surface area contributed by atoms with Gasteiger partial charge < -0.3 is 0 Å². The quantitative estimate of drug-likeness (QED) is 0.806. The van der Waals surface area contributed by atoms with Gasteiger partial charge in [0.05, 0.1) is 16.6 Å². The van der Waals surface area contributed by atoms with Gasteiger partial charge in [-0.1, -0.05) is 35.9 Å². The van der Waals surface area contributed by atoms with Crippen molar-refractivity contribution in [3.05, 3.63) is 64.7 Å². The van der Waals surface area contributed by atoms with Crippen LogP contribution in [0.2, 0.25) is 5.02 Å². The van der Waals surface area contributed by atoms with Crippen LogP contribution >= 0.6 is 11.6 Å². The summed E-state index contributed by atoms with van der Waals surface area (Å²) in [6.45, 7) is 1.87. The van der Waals surface area contributed by atoms with Crippen molar-refractivity contribution in [3.63, 3.8) is 0 Å². The number of halogens is 1. The minimum absolute atomic E-state index is 0.00745. The van der Waals surface area contributed by atoms with Gasteiger partial charge in [-0.2, -0.15) is 0 Å². The smallest absolute Gasteiger partial charge is 0.175 e. The predicted octanol–water partition coefficient (Wildman–Crippen LogP) is 3.64. The second kappa shape index (κ2) is 6.13. The normalized spacial score (nSPS) is 12.1. The molecule has 0 spiro atoms. The van der Waals surface area contributed by atoms with Gasteiger partial charge in [-0.25, -0.2) is 0 Å². The lowest BCUT2D eigenvalue weighted by Crippen LogP contribution is -2.12. The Bertz CT molecular complexity index is 620. The van der Waals surface area contributed by atoms with Gasteiger partial charge in [0.25, 0.3) is 0 Å². The zero-order chi connectivity index (χ0) is 13.8. The molecule has 19 heavy (non-hydrogen) atoms. The first kappa shape index (κ1) is 14.0. The van der Waals surface area contributed by atoms with Gasteiger partial charge in [-0.15, -0.1) is 0 Å². The minimum atomic E-state index is -1.34. The molecule has 0 aliphatic carbocycles. The highest BCUT2D eigenvalue weighted by molar-refractivity contribution is 7.85. The van der Waals surface area contributed by atoms with Crippen LogP contribution in [0.15, 0.2) is 53.4 Å². The van der Waals surface area contributed by atoms with E-state index in [4.69, 9.17) is 11.6 Å². The maximum Gasteiger partial charge on any atom is 0.175 e. The molecule has 98 valence electrons. The molecule has 1 unspecified atom stereocenters. The largest absolute Gasteiger partial charge is 0.293 e. The molecular formula is C15H13ClO2S. The van der Waals surface area contributed by atoms with E-state index in [-0.39, 0.29) is 11.5 Å². The third kappa shape index (κ3) is 3.52. The number of Topliss-reactive ketones (excluding diaryl/α,β-unsaturated/α-hetero) is 1. The lowest BCUT2D eigenvalue weighted by atomic mass is 10.1. The van der Waals surface area contributed by atoms with E-state index >= 15 is 0 Å². The summed E-state index contributed by atoms with van der Waals surface area (Å²) in [6.07, 6.45) is 0. The third-order valence-corrected chi connectivity index (χ3v) is 4.36. The molecule has 0 bridgehead atoms. The molecule has 2 aromatic rings. The van der Waals surface area contributed by atoms with Crippen molar-refractivity contribution < 1.29 is 9.00 Å². The second-order valence-corrected chi connectivity index (χ2v) is 6.07. The highest BCUT2D eigenvalue weighted by atomic mass is 35.5. The zero-order valence-electron chi connectivity index (χ0n) is 10.4. The first-order valence-corrected chi connectivity index (χ1v) is 7.50. The first-order valence-electron chi connectivity index (χ1n) is 5.80. The van der Waals surface area contributed by atoms with E-state index in [9.17, 15) is 9.00 Å². The molecule has 2 nitrogen and oxygen atoms in total. The SMILES string of the molecule is Cc1ccccc1C(=O)CS(=O)c1ccc(Cl)cc1. The van der Waals surface area contributed by atoms with Crippen LogP contribution in [-0.2, 0) is 10.8 Å². The summed E-state index contributed by atoms with van der Waals surface area (Å²) < 4.78 is 12.1. The highest BCUT2D eigenvalue weighted by Crippen LogP contribution is 2.15. The number of carbonyl (C=O) groups excluding carboxylic acids is 1. The Morgan fingerprint density at radius 1 is 1.11 bits per heavy atom. The van der Waals surface area contributed by atoms with Crippen molar-refractivity contribution in [3.8, 4) is 0 Å². The van der Waals surface area contributed by atoms with Gasteiger partial charge in [-0.3, -0.25) is 9.00 Å². The molecule has 0 fully saturated rings. The summed E-state index contributed by atoms with van der Waals surface area (Å²) >= 11 is 5.77. The molecule has 1 atom stereocenters. The van der Waals surface area contributed by atoms with Crippen LogP contribution in [0.4, 0.5) is 0 Å². The minimum Gasteiger partial charge on any atom is -0.293 e. The molecule has 2 rings (SSSR count). The molecule has 0 aliphatic heterocycles. The number of carbonyl (C=O) groups is 1. The Hall–Kier alpha value is -1.45. The van der Waals surface area contributed by atoms with Crippen LogP contribution < -0.4 is 0 Å². The monoisotopic (exact) mass is 292 g/mol. The fourth-order valence-electron chi connectivity index (χ4n) is 1.75. The van der Waals surface area contributed by atoms with Crippen molar-refractivity contribution in [1.29, 1.82) is 0 Å². The molecule has 4 heteroatoms. The Morgan fingerprint density at radius 2 is 1.74 bits per heavy atom. The van der Waals surface area contributed by atoms with Crippen molar-refractivity contribution >= 4 is 28.2 Å². The van der Waals surface area contributed by atoms with Gasteiger partial charge in [0.15, 0.2) is 5.78 Å². The van der Waals surface area contributed by atoms with Crippen LogP contribution in [0.1, 0.15) is 15.9 Å². The van der Waals surface area contributed by atoms with Gasteiger partial charge in [0, 0.05) is 15.5 Å². The lowest BCUT2D eigenvalue weighted by Gasteiger charge is -2.05.